The largest absolute Gasteiger partial charge is 0.351 e. The molecule has 0 unspecified atom stereocenters. The van der Waals surface area contributed by atoms with Gasteiger partial charge in [0.2, 0.25) is 5.78 Å². The Morgan fingerprint density at radius 3 is 2.36 bits per heavy atom. The molecule has 6 rings (SSSR count). The Morgan fingerprint density at radius 1 is 0.786 bits per heavy atom. The molecule has 5 heteroatoms. The lowest BCUT2D eigenvalue weighted by atomic mass is 10.1. The maximum Gasteiger partial charge on any atom is 0.266 e. The van der Waals surface area contributed by atoms with Crippen LogP contribution in [0.25, 0.3) is 33.2 Å². The number of Topliss-reactive ketones (excluding diaryl/α,β-unsaturated/α-hetero) is 1. The number of aromatic nitrogens is 2. The monoisotopic (exact) mass is 363 g/mol. The van der Waals surface area contributed by atoms with Crippen LogP contribution in [0.4, 0.5) is 5.69 Å². The molecule has 5 nitrogen and oxygen atoms in total. The van der Waals surface area contributed by atoms with Crippen molar-refractivity contribution in [2.45, 2.75) is 0 Å². The molecule has 0 saturated heterocycles. The zero-order chi connectivity index (χ0) is 18.8. The molecule has 0 spiro atoms. The van der Waals surface area contributed by atoms with Crippen molar-refractivity contribution in [2.75, 3.05) is 5.32 Å². The molecular formula is C23H13N3O2. The van der Waals surface area contributed by atoms with Crippen LogP contribution in [0.15, 0.2) is 77.6 Å². The van der Waals surface area contributed by atoms with E-state index in [1.165, 1.54) is 0 Å². The molecule has 2 aromatic heterocycles. The predicted molar refractivity (Wildman–Crippen MR) is 109 cm³/mol. The van der Waals surface area contributed by atoms with Gasteiger partial charge in [-0.3, -0.25) is 14.0 Å². The summed E-state index contributed by atoms with van der Waals surface area (Å²) in [6.07, 6.45) is 0. The maximum absolute atomic E-state index is 13.2. The molecule has 0 amide bonds. The molecule has 0 atom stereocenters. The lowest BCUT2D eigenvalue weighted by molar-refractivity contribution is 0.106. The molecule has 28 heavy (non-hydrogen) atoms. The third-order valence-corrected chi connectivity index (χ3v) is 5.32. The average molecular weight is 363 g/mol. The third-order valence-electron chi connectivity index (χ3n) is 5.32. The van der Waals surface area contributed by atoms with Crippen LogP contribution in [0.2, 0.25) is 0 Å². The van der Waals surface area contributed by atoms with E-state index in [2.05, 4.69) is 5.32 Å². The van der Waals surface area contributed by atoms with Gasteiger partial charge in [-0.25, -0.2) is 4.98 Å². The van der Waals surface area contributed by atoms with Crippen molar-refractivity contribution in [1.82, 2.24) is 9.38 Å². The molecule has 1 aliphatic heterocycles. The van der Waals surface area contributed by atoms with Crippen molar-refractivity contribution < 1.29 is 4.79 Å². The Balaban J connectivity index is 1.89. The number of hydrogen-bond acceptors (Lipinski definition) is 4. The van der Waals surface area contributed by atoms with E-state index in [4.69, 9.17) is 4.98 Å². The lowest BCUT2D eigenvalue weighted by Crippen LogP contribution is -2.19. The molecule has 0 fully saturated rings. The number of carbonyl (C=O) groups is 1. The van der Waals surface area contributed by atoms with Crippen LogP contribution in [0.1, 0.15) is 10.4 Å². The minimum absolute atomic E-state index is 0.0868. The highest BCUT2D eigenvalue weighted by molar-refractivity contribution is 6.34. The summed E-state index contributed by atoms with van der Waals surface area (Å²) in [6.45, 7) is 0. The van der Waals surface area contributed by atoms with E-state index in [1.54, 1.807) is 16.5 Å². The third kappa shape index (κ3) is 1.82. The lowest BCUT2D eigenvalue weighted by Gasteiger charge is -2.00. The first-order valence-corrected chi connectivity index (χ1v) is 9.01. The fraction of sp³-hybridized carbons (Fsp3) is 0. The minimum Gasteiger partial charge on any atom is -0.351 e. The van der Waals surface area contributed by atoms with E-state index in [0.717, 1.165) is 16.6 Å². The number of carbonyl (C=O) groups excluding carboxylic acids is 1. The number of nitrogens with zero attached hydrogens (tertiary/aromatic N) is 2. The van der Waals surface area contributed by atoms with Crippen molar-refractivity contribution in [3.63, 3.8) is 0 Å². The molecule has 0 aliphatic carbocycles. The molecule has 3 heterocycles. The second-order valence-electron chi connectivity index (χ2n) is 6.86. The van der Waals surface area contributed by atoms with E-state index >= 15 is 0 Å². The average Bonchev–Trinajstić information content (AvgIpc) is 3.23. The fourth-order valence-corrected chi connectivity index (χ4v) is 4.06. The molecule has 1 N–H and O–H groups in total. The van der Waals surface area contributed by atoms with Gasteiger partial charge in [-0.1, -0.05) is 42.5 Å². The Hall–Kier alpha value is -3.99. The smallest absolute Gasteiger partial charge is 0.266 e. The van der Waals surface area contributed by atoms with Crippen LogP contribution in [0.5, 0.6) is 0 Å². The molecule has 0 bridgehead atoms. The van der Waals surface area contributed by atoms with Crippen LogP contribution in [-0.2, 0) is 0 Å². The number of ketones is 1. The second-order valence-corrected chi connectivity index (χ2v) is 6.86. The summed E-state index contributed by atoms with van der Waals surface area (Å²) in [7, 11) is 0. The minimum atomic E-state index is -0.133. The normalized spacial score (nSPS) is 15.4. The predicted octanol–water partition coefficient (Wildman–Crippen LogP) is 3.14. The number of hydrogen-bond donors (Lipinski definition) is 1. The number of rotatable bonds is 0. The number of anilines is 1. The van der Waals surface area contributed by atoms with Gasteiger partial charge in [-0.2, -0.15) is 0 Å². The van der Waals surface area contributed by atoms with Gasteiger partial charge in [0.1, 0.15) is 0 Å². The first-order valence-electron chi connectivity index (χ1n) is 9.01. The van der Waals surface area contributed by atoms with Gasteiger partial charge >= 0.3 is 0 Å². The van der Waals surface area contributed by atoms with Crippen LogP contribution in [0, 0.1) is 0 Å². The van der Waals surface area contributed by atoms with Crippen LogP contribution < -0.4 is 16.1 Å². The first kappa shape index (κ1) is 15.1. The zero-order valence-electron chi connectivity index (χ0n) is 14.6. The van der Waals surface area contributed by atoms with Gasteiger partial charge in [0.15, 0.2) is 5.65 Å². The summed E-state index contributed by atoms with van der Waals surface area (Å²) in [5.41, 5.74) is 3.59. The number of nitrogens with one attached hydrogen (secondary N) is 1. The Bertz CT molecular complexity index is 1580. The van der Waals surface area contributed by atoms with Crippen LogP contribution in [0.3, 0.4) is 0 Å². The van der Waals surface area contributed by atoms with Gasteiger partial charge in [-0.05, 0) is 30.3 Å². The van der Waals surface area contributed by atoms with Crippen molar-refractivity contribution >= 4 is 44.6 Å². The van der Waals surface area contributed by atoms with E-state index in [9.17, 15) is 9.59 Å². The van der Waals surface area contributed by atoms with Gasteiger partial charge in [0.05, 0.1) is 27.3 Å². The molecule has 3 aromatic carbocycles. The zero-order valence-corrected chi connectivity index (χ0v) is 14.6. The summed E-state index contributed by atoms with van der Waals surface area (Å²) in [5.74, 6) is -0.0868. The highest BCUT2D eigenvalue weighted by Crippen LogP contribution is 2.28. The van der Waals surface area contributed by atoms with Crippen LogP contribution in [-0.4, -0.2) is 15.2 Å². The van der Waals surface area contributed by atoms with E-state index < -0.39 is 0 Å². The molecule has 0 radical (unpaired) electrons. The Labute approximate surface area is 158 Å². The molecule has 132 valence electrons. The standard InChI is InChI=1S/C23H13N3O2/c27-21-13-7-1-4-10-16(13)24-20(21)19-15-9-3-6-12-18(15)26-22(19)25-17-11-5-2-8-14(17)23(26)28/h1-12,24H. The highest BCUT2D eigenvalue weighted by Gasteiger charge is 2.27. The Morgan fingerprint density at radius 2 is 1.50 bits per heavy atom. The molecule has 0 saturated carbocycles. The van der Waals surface area contributed by atoms with Crippen molar-refractivity contribution in [3.8, 4) is 0 Å². The van der Waals surface area contributed by atoms with E-state index in [0.29, 0.717) is 33.0 Å². The molecular weight excluding hydrogens is 350 g/mol. The Kier molecular flexibility index (Phi) is 2.84. The first-order chi connectivity index (χ1) is 13.7. The number of benzene rings is 3. The van der Waals surface area contributed by atoms with Crippen molar-refractivity contribution in [2.24, 2.45) is 0 Å². The second kappa shape index (κ2) is 5.27. The molecule has 5 aromatic rings. The molecule has 1 aliphatic rings. The number of para-hydroxylation sites is 3. The maximum atomic E-state index is 13.2. The van der Waals surface area contributed by atoms with Crippen LogP contribution >= 0.6 is 0 Å². The van der Waals surface area contributed by atoms with Gasteiger partial charge in [0, 0.05) is 16.6 Å². The van der Waals surface area contributed by atoms with Gasteiger partial charge < -0.3 is 5.32 Å². The summed E-state index contributed by atoms with van der Waals surface area (Å²) < 4.78 is 1.61. The SMILES string of the molecule is O=C1C(=c2c3ccccc3n3c(=O)c4ccccc4nc23)Nc2ccccc21. The van der Waals surface area contributed by atoms with Crippen molar-refractivity contribution in [3.05, 3.63) is 93.9 Å². The van der Waals surface area contributed by atoms with E-state index in [1.807, 2.05) is 60.7 Å². The topological polar surface area (TPSA) is 63.5 Å². The van der Waals surface area contributed by atoms with E-state index in [-0.39, 0.29) is 11.3 Å². The van der Waals surface area contributed by atoms with Crippen molar-refractivity contribution in [1.29, 1.82) is 0 Å². The quantitative estimate of drug-likeness (QED) is 0.459. The van der Waals surface area contributed by atoms with Gasteiger partial charge in [-0.15, -0.1) is 0 Å². The summed E-state index contributed by atoms with van der Waals surface area (Å²) in [5, 5.41) is 5.30. The highest BCUT2D eigenvalue weighted by atomic mass is 16.1. The summed E-state index contributed by atoms with van der Waals surface area (Å²) in [6, 6.07) is 22.3. The summed E-state index contributed by atoms with van der Waals surface area (Å²) in [4.78, 5) is 31.1. The number of fused-ring (bicyclic) bond motifs is 5. The summed E-state index contributed by atoms with van der Waals surface area (Å²) >= 11 is 0. The van der Waals surface area contributed by atoms with Gasteiger partial charge in [0.25, 0.3) is 5.56 Å². The fourth-order valence-electron chi connectivity index (χ4n) is 4.06.